The quantitative estimate of drug-likeness (QED) is 0.164. The first-order valence-electron chi connectivity index (χ1n) is 15.7. The molecule has 2 fully saturated rings. The summed E-state index contributed by atoms with van der Waals surface area (Å²) in [6.45, 7) is 2.69. The van der Waals surface area contributed by atoms with Crippen molar-refractivity contribution in [2.75, 3.05) is 87.4 Å². The zero-order valence-corrected chi connectivity index (χ0v) is 26.4. The van der Waals surface area contributed by atoms with Crippen molar-refractivity contribution in [3.8, 4) is 11.5 Å². The summed E-state index contributed by atoms with van der Waals surface area (Å²) in [5.74, 6) is 0.831. The van der Waals surface area contributed by atoms with Crippen LogP contribution in [0.15, 0.2) is 24.0 Å². The molecule has 2 bridgehead atoms. The van der Waals surface area contributed by atoms with Crippen LogP contribution in [0.5, 0.6) is 11.5 Å². The van der Waals surface area contributed by atoms with E-state index in [1.54, 1.807) is 21.3 Å². The van der Waals surface area contributed by atoms with Crippen molar-refractivity contribution < 1.29 is 57.0 Å². The first-order valence-corrected chi connectivity index (χ1v) is 15.7. The van der Waals surface area contributed by atoms with Gasteiger partial charge in [0, 0.05) is 32.1 Å². The number of carbonyl (C=O) groups is 2. The molecule has 0 aromatic heterocycles. The largest absolute Gasteiger partial charge is 0.493 e. The number of rotatable bonds is 19. The van der Waals surface area contributed by atoms with Crippen LogP contribution in [0.1, 0.15) is 36.8 Å². The van der Waals surface area contributed by atoms with E-state index in [4.69, 9.17) is 47.4 Å². The SMILES string of the molecule is COCCOCCOCC(=O)OC1=CCC2(OC(=O)COCCOCCOC)[C@@H]3CCC34Cc3ccc(OC)c5c3[C@@]2(C4)[C@H]1O5. The highest BCUT2D eigenvalue weighted by atomic mass is 16.6. The summed E-state index contributed by atoms with van der Waals surface area (Å²) >= 11 is 0. The van der Waals surface area contributed by atoms with Gasteiger partial charge in [-0.25, -0.2) is 9.59 Å². The van der Waals surface area contributed by atoms with Crippen LogP contribution >= 0.6 is 0 Å². The lowest BCUT2D eigenvalue weighted by atomic mass is 9.56. The van der Waals surface area contributed by atoms with Crippen molar-refractivity contribution in [3.63, 3.8) is 0 Å². The summed E-state index contributed by atoms with van der Waals surface area (Å²) in [5.41, 5.74) is 0.556. The molecular weight excluding hydrogens is 588 g/mol. The highest BCUT2D eigenvalue weighted by molar-refractivity contribution is 5.75. The molecule has 1 heterocycles. The first-order chi connectivity index (χ1) is 21.9. The van der Waals surface area contributed by atoms with Crippen molar-refractivity contribution in [2.45, 2.75) is 49.2 Å². The third-order valence-corrected chi connectivity index (χ3v) is 10.2. The molecule has 5 aliphatic rings. The second-order valence-corrected chi connectivity index (χ2v) is 12.4. The molecule has 248 valence electrons. The van der Waals surface area contributed by atoms with Crippen LogP contribution in [0, 0.1) is 11.3 Å². The Morgan fingerprint density at radius 2 is 1.53 bits per heavy atom. The normalized spacial score (nSPS) is 29.6. The summed E-state index contributed by atoms with van der Waals surface area (Å²) in [6.07, 6.45) is 5.24. The number of hydrogen-bond acceptors (Lipinski definition) is 12. The Kier molecular flexibility index (Phi) is 9.70. The van der Waals surface area contributed by atoms with Gasteiger partial charge in [-0.2, -0.15) is 0 Å². The van der Waals surface area contributed by atoms with Gasteiger partial charge in [0.15, 0.2) is 17.6 Å². The van der Waals surface area contributed by atoms with E-state index in [0.717, 1.165) is 31.2 Å². The molecular formula is C33H44O12. The lowest BCUT2D eigenvalue weighted by molar-refractivity contribution is -0.192. The Hall–Kier alpha value is -2.74. The third kappa shape index (κ3) is 5.53. The van der Waals surface area contributed by atoms with Crippen molar-refractivity contribution in [2.24, 2.45) is 11.3 Å². The molecule has 0 radical (unpaired) electrons. The van der Waals surface area contributed by atoms with Crippen LogP contribution in [-0.4, -0.2) is 111 Å². The maximum absolute atomic E-state index is 13.5. The van der Waals surface area contributed by atoms with Crippen LogP contribution < -0.4 is 9.47 Å². The molecule has 6 rings (SSSR count). The highest BCUT2D eigenvalue weighted by Crippen LogP contribution is 2.79. The van der Waals surface area contributed by atoms with Gasteiger partial charge in [0.25, 0.3) is 0 Å². The number of esters is 2. The van der Waals surface area contributed by atoms with Crippen LogP contribution in [0.4, 0.5) is 0 Å². The predicted octanol–water partition coefficient (Wildman–Crippen LogP) is 2.52. The minimum Gasteiger partial charge on any atom is -0.493 e. The van der Waals surface area contributed by atoms with E-state index in [1.807, 2.05) is 12.1 Å². The van der Waals surface area contributed by atoms with E-state index in [0.29, 0.717) is 63.3 Å². The van der Waals surface area contributed by atoms with Gasteiger partial charge in [0.05, 0.1) is 65.4 Å². The average molecular weight is 633 g/mol. The number of hydrogen-bond donors (Lipinski definition) is 0. The molecule has 12 heteroatoms. The number of carbonyl (C=O) groups excluding carboxylic acids is 2. The molecule has 2 spiro atoms. The van der Waals surface area contributed by atoms with Crippen LogP contribution in [0.25, 0.3) is 0 Å². The Labute approximate surface area is 263 Å². The summed E-state index contributed by atoms with van der Waals surface area (Å²) < 4.78 is 56.9. The molecule has 5 atom stereocenters. The van der Waals surface area contributed by atoms with Gasteiger partial charge >= 0.3 is 11.9 Å². The van der Waals surface area contributed by atoms with Gasteiger partial charge in [-0.1, -0.05) is 6.07 Å². The predicted molar refractivity (Wildman–Crippen MR) is 157 cm³/mol. The summed E-state index contributed by atoms with van der Waals surface area (Å²) in [5, 5.41) is 0. The van der Waals surface area contributed by atoms with Crippen LogP contribution in [0.2, 0.25) is 0 Å². The van der Waals surface area contributed by atoms with Gasteiger partial charge in [0.2, 0.25) is 0 Å². The average Bonchev–Trinajstić information content (AvgIpc) is 3.44. The Morgan fingerprint density at radius 1 is 0.867 bits per heavy atom. The highest BCUT2D eigenvalue weighted by Gasteiger charge is 2.82. The van der Waals surface area contributed by atoms with Gasteiger partial charge in [-0.15, -0.1) is 0 Å². The third-order valence-electron chi connectivity index (χ3n) is 10.2. The van der Waals surface area contributed by atoms with E-state index < -0.39 is 29.1 Å². The van der Waals surface area contributed by atoms with Gasteiger partial charge in [0.1, 0.15) is 24.6 Å². The molecule has 4 aliphatic carbocycles. The lowest BCUT2D eigenvalue weighted by Gasteiger charge is -2.52. The fourth-order valence-corrected chi connectivity index (χ4v) is 8.50. The standard InChI is InChI=1S/C33H44O12/c1-36-10-12-39-14-16-41-19-26(34)43-24-6-9-33(45-27(35)20-42-17-15-40-13-11-37-2)25-7-8-31(25)18-22-4-5-23(38-3)29-28(22)32(33,21-31)30(24)44-29/h4-6,25,30H,7-21H2,1-3H3/t25-,30+,31?,32+,33?/m1/s1. The summed E-state index contributed by atoms with van der Waals surface area (Å²) in [6, 6.07) is 4.05. The maximum atomic E-state index is 13.5. The minimum atomic E-state index is -0.875. The van der Waals surface area contributed by atoms with E-state index in [2.05, 4.69) is 6.07 Å². The minimum absolute atomic E-state index is 0.0274. The van der Waals surface area contributed by atoms with Crippen LogP contribution in [0.3, 0.4) is 0 Å². The lowest BCUT2D eigenvalue weighted by Crippen LogP contribution is -2.62. The molecule has 1 aliphatic heterocycles. The first kappa shape index (κ1) is 32.2. The van der Waals surface area contributed by atoms with Crippen molar-refractivity contribution in [1.29, 1.82) is 0 Å². The van der Waals surface area contributed by atoms with E-state index in [9.17, 15) is 9.59 Å². The fraction of sp³-hybridized carbons (Fsp3) is 0.697. The smallest absolute Gasteiger partial charge is 0.337 e. The van der Waals surface area contributed by atoms with Crippen LogP contribution in [-0.2, 0) is 59.3 Å². The molecule has 12 nitrogen and oxygen atoms in total. The number of fused-ring (bicyclic) bond motifs is 1. The number of benzene rings is 1. The second kappa shape index (κ2) is 13.5. The maximum Gasteiger partial charge on any atom is 0.337 e. The number of methoxy groups -OCH3 is 3. The Morgan fingerprint density at radius 3 is 2.18 bits per heavy atom. The molecule has 2 unspecified atom stereocenters. The molecule has 45 heavy (non-hydrogen) atoms. The second-order valence-electron chi connectivity index (χ2n) is 12.4. The molecule has 2 saturated carbocycles. The Bertz CT molecular complexity index is 1280. The molecule has 0 N–H and O–H groups in total. The van der Waals surface area contributed by atoms with E-state index >= 15 is 0 Å². The molecule has 0 saturated heterocycles. The molecule has 1 aromatic rings. The summed E-state index contributed by atoms with van der Waals surface area (Å²) in [4.78, 5) is 26.5. The van der Waals surface area contributed by atoms with Gasteiger partial charge in [-0.05, 0) is 48.8 Å². The summed E-state index contributed by atoms with van der Waals surface area (Å²) in [7, 11) is 4.83. The Balaban J connectivity index is 1.22. The van der Waals surface area contributed by atoms with Gasteiger partial charge in [-0.3, -0.25) is 0 Å². The van der Waals surface area contributed by atoms with Crippen molar-refractivity contribution >= 4 is 11.9 Å². The van der Waals surface area contributed by atoms with E-state index in [-0.39, 0.29) is 37.8 Å². The zero-order chi connectivity index (χ0) is 31.5. The topological polar surface area (TPSA) is 126 Å². The van der Waals surface area contributed by atoms with Gasteiger partial charge < -0.3 is 47.4 Å². The molecule has 1 aromatic carbocycles. The van der Waals surface area contributed by atoms with E-state index in [1.165, 1.54) is 5.56 Å². The molecule has 0 amide bonds. The zero-order valence-electron chi connectivity index (χ0n) is 26.4. The number of ether oxygens (including phenoxy) is 10. The fourth-order valence-electron chi connectivity index (χ4n) is 8.50. The monoisotopic (exact) mass is 632 g/mol. The van der Waals surface area contributed by atoms with Crippen molar-refractivity contribution in [1.82, 2.24) is 0 Å². The van der Waals surface area contributed by atoms with Crippen molar-refractivity contribution in [3.05, 3.63) is 35.1 Å².